The van der Waals surface area contributed by atoms with E-state index >= 15 is 0 Å². The number of hydrogen-bond donors (Lipinski definition) is 0. The van der Waals surface area contributed by atoms with Crippen LogP contribution in [-0.4, -0.2) is 49.8 Å². The fourth-order valence-corrected chi connectivity index (χ4v) is 1.44. The molecule has 1 saturated heterocycles. The second kappa shape index (κ2) is 5.33. The number of halogens is 3. The first-order chi connectivity index (χ1) is 8.57. The maximum Gasteiger partial charge on any atom is 0.490 e. The van der Waals surface area contributed by atoms with Crippen molar-refractivity contribution in [2.24, 2.45) is 0 Å². The lowest BCUT2D eigenvalue weighted by atomic mass is 10.2. The lowest BCUT2D eigenvalue weighted by Gasteiger charge is -2.22. The molecule has 1 heterocycles. The Bertz CT molecular complexity index is 365. The number of carbonyl (C=O) groups is 2. The van der Waals surface area contributed by atoms with E-state index in [1.54, 1.807) is 0 Å². The first kappa shape index (κ1) is 15.7. The molecule has 0 aliphatic carbocycles. The molecule has 0 amide bonds. The molecule has 0 aromatic heterocycles. The number of hydrogen-bond acceptors (Lipinski definition) is 6. The van der Waals surface area contributed by atoms with E-state index in [-0.39, 0.29) is 6.61 Å². The van der Waals surface area contributed by atoms with E-state index in [2.05, 4.69) is 9.47 Å². The Morgan fingerprint density at radius 1 is 1.37 bits per heavy atom. The molecule has 0 aromatic rings. The number of esters is 2. The van der Waals surface area contributed by atoms with Gasteiger partial charge in [-0.2, -0.15) is 13.2 Å². The van der Waals surface area contributed by atoms with Crippen LogP contribution in [0.4, 0.5) is 13.2 Å². The number of carbonyl (C=O) groups excluding carboxylic acids is 2. The maximum atomic E-state index is 12.1. The minimum absolute atomic E-state index is 0.197. The molecule has 0 N–H and O–H groups in total. The molecule has 0 spiro atoms. The summed E-state index contributed by atoms with van der Waals surface area (Å²) in [5, 5.41) is 0. The molecule has 0 radical (unpaired) electrons. The second-order valence-corrected chi connectivity index (χ2v) is 4.21. The van der Waals surface area contributed by atoms with Gasteiger partial charge in [0.15, 0.2) is 5.79 Å². The summed E-state index contributed by atoms with van der Waals surface area (Å²) in [7, 11) is 0.956. The van der Waals surface area contributed by atoms with Crippen LogP contribution < -0.4 is 0 Å². The molecular weight excluding hydrogens is 273 g/mol. The Labute approximate surface area is 106 Å². The summed E-state index contributed by atoms with van der Waals surface area (Å²) in [6, 6.07) is 0. The van der Waals surface area contributed by atoms with E-state index in [9.17, 15) is 22.8 Å². The van der Waals surface area contributed by atoms with Gasteiger partial charge in [0.2, 0.25) is 6.10 Å². The standard InChI is InChI=1S/C10H13F3O6/c1-9(2)17-4-5(19-9)6(7(14)16-3)18-8(15)10(11,12)13/h5-6H,4H2,1-3H3. The highest BCUT2D eigenvalue weighted by molar-refractivity contribution is 5.82. The zero-order valence-electron chi connectivity index (χ0n) is 10.4. The quantitative estimate of drug-likeness (QED) is 0.714. The number of ether oxygens (including phenoxy) is 4. The van der Waals surface area contributed by atoms with Gasteiger partial charge in [0, 0.05) is 0 Å². The summed E-state index contributed by atoms with van der Waals surface area (Å²) in [4.78, 5) is 22.1. The van der Waals surface area contributed by atoms with Crippen molar-refractivity contribution in [3.8, 4) is 0 Å². The van der Waals surface area contributed by atoms with Gasteiger partial charge in [0.1, 0.15) is 6.10 Å². The van der Waals surface area contributed by atoms with Gasteiger partial charge in [-0.15, -0.1) is 0 Å². The van der Waals surface area contributed by atoms with Gasteiger partial charge in [-0.25, -0.2) is 9.59 Å². The third-order valence-corrected chi connectivity index (χ3v) is 2.27. The Balaban J connectivity index is 2.80. The van der Waals surface area contributed by atoms with E-state index in [1.807, 2.05) is 0 Å². The molecule has 0 saturated carbocycles. The molecule has 1 fully saturated rings. The van der Waals surface area contributed by atoms with Crippen molar-refractivity contribution < 1.29 is 41.7 Å². The monoisotopic (exact) mass is 286 g/mol. The second-order valence-electron chi connectivity index (χ2n) is 4.21. The third kappa shape index (κ3) is 4.06. The predicted molar refractivity (Wildman–Crippen MR) is 52.9 cm³/mol. The van der Waals surface area contributed by atoms with Crippen molar-refractivity contribution in [1.82, 2.24) is 0 Å². The highest BCUT2D eigenvalue weighted by Crippen LogP contribution is 2.27. The fraction of sp³-hybridized carbons (Fsp3) is 0.800. The Morgan fingerprint density at radius 3 is 2.32 bits per heavy atom. The van der Waals surface area contributed by atoms with E-state index in [0.717, 1.165) is 7.11 Å². The van der Waals surface area contributed by atoms with E-state index in [1.165, 1.54) is 13.8 Å². The highest BCUT2D eigenvalue weighted by Gasteiger charge is 2.48. The average Bonchev–Trinajstić information content (AvgIpc) is 2.63. The van der Waals surface area contributed by atoms with Crippen molar-refractivity contribution >= 4 is 11.9 Å². The lowest BCUT2D eigenvalue weighted by Crippen LogP contribution is -2.44. The molecule has 110 valence electrons. The number of alkyl halides is 3. The molecule has 0 bridgehead atoms. The van der Waals surface area contributed by atoms with Crippen LogP contribution in [0, 0.1) is 0 Å². The largest absolute Gasteiger partial charge is 0.490 e. The zero-order valence-corrected chi connectivity index (χ0v) is 10.4. The van der Waals surface area contributed by atoms with E-state index < -0.39 is 36.1 Å². The van der Waals surface area contributed by atoms with Crippen LogP contribution >= 0.6 is 0 Å². The molecule has 1 aliphatic rings. The minimum atomic E-state index is -5.21. The van der Waals surface area contributed by atoms with E-state index in [0.29, 0.717) is 0 Å². The van der Waals surface area contributed by atoms with Crippen molar-refractivity contribution in [3.05, 3.63) is 0 Å². The summed E-state index contributed by atoms with van der Waals surface area (Å²) in [5.41, 5.74) is 0. The summed E-state index contributed by atoms with van der Waals surface area (Å²) in [5.74, 6) is -4.72. The summed E-state index contributed by atoms with van der Waals surface area (Å²) < 4.78 is 55.0. The van der Waals surface area contributed by atoms with Crippen LogP contribution in [0.3, 0.4) is 0 Å². The summed E-state index contributed by atoms with van der Waals surface area (Å²) >= 11 is 0. The minimum Gasteiger partial charge on any atom is -0.466 e. The van der Waals surface area contributed by atoms with Gasteiger partial charge in [-0.05, 0) is 13.8 Å². The zero-order chi connectivity index (χ0) is 14.8. The van der Waals surface area contributed by atoms with Gasteiger partial charge in [0.05, 0.1) is 13.7 Å². The number of rotatable bonds is 3. The van der Waals surface area contributed by atoms with Crippen molar-refractivity contribution in [1.29, 1.82) is 0 Å². The van der Waals surface area contributed by atoms with Gasteiger partial charge < -0.3 is 18.9 Å². The van der Waals surface area contributed by atoms with Gasteiger partial charge in [0.25, 0.3) is 0 Å². The Hall–Kier alpha value is -1.35. The van der Waals surface area contributed by atoms with Crippen molar-refractivity contribution in [3.63, 3.8) is 0 Å². The first-order valence-electron chi connectivity index (χ1n) is 5.24. The molecule has 9 heteroatoms. The van der Waals surface area contributed by atoms with Crippen LogP contribution in [0.1, 0.15) is 13.8 Å². The molecule has 6 nitrogen and oxygen atoms in total. The van der Waals surface area contributed by atoms with Gasteiger partial charge >= 0.3 is 18.1 Å². The van der Waals surface area contributed by atoms with E-state index in [4.69, 9.17) is 9.47 Å². The van der Waals surface area contributed by atoms with Gasteiger partial charge in [-0.3, -0.25) is 0 Å². The van der Waals surface area contributed by atoms with Crippen LogP contribution in [0.15, 0.2) is 0 Å². The fourth-order valence-electron chi connectivity index (χ4n) is 1.44. The molecule has 1 rings (SSSR count). The van der Waals surface area contributed by atoms with Crippen LogP contribution in [0.2, 0.25) is 0 Å². The Kier molecular flexibility index (Phi) is 4.41. The topological polar surface area (TPSA) is 71.1 Å². The van der Waals surface area contributed by atoms with Crippen LogP contribution in [-0.2, 0) is 28.5 Å². The smallest absolute Gasteiger partial charge is 0.466 e. The highest BCUT2D eigenvalue weighted by atomic mass is 19.4. The summed E-state index contributed by atoms with van der Waals surface area (Å²) in [6.07, 6.45) is -8.20. The first-order valence-corrected chi connectivity index (χ1v) is 5.24. The Morgan fingerprint density at radius 2 is 1.95 bits per heavy atom. The predicted octanol–water partition coefficient (Wildman–Crippen LogP) is 0.785. The van der Waals surface area contributed by atoms with Crippen molar-refractivity contribution in [2.45, 2.75) is 38.0 Å². The molecule has 2 atom stereocenters. The van der Waals surface area contributed by atoms with Crippen molar-refractivity contribution in [2.75, 3.05) is 13.7 Å². The molecular formula is C10H13F3O6. The van der Waals surface area contributed by atoms with Gasteiger partial charge in [-0.1, -0.05) is 0 Å². The SMILES string of the molecule is COC(=O)C(OC(=O)C(F)(F)F)C1COC(C)(C)O1. The molecule has 2 unspecified atom stereocenters. The van der Waals surface area contributed by atoms with Crippen LogP contribution in [0.25, 0.3) is 0 Å². The molecule has 1 aliphatic heterocycles. The average molecular weight is 286 g/mol. The summed E-state index contributed by atoms with van der Waals surface area (Å²) in [6.45, 7) is 2.82. The normalized spacial score (nSPS) is 23.8. The number of methoxy groups -OCH3 is 1. The molecule has 0 aromatic carbocycles. The maximum absolute atomic E-state index is 12.1. The third-order valence-electron chi connectivity index (χ3n) is 2.27. The van der Waals surface area contributed by atoms with Crippen LogP contribution in [0.5, 0.6) is 0 Å². The lowest BCUT2D eigenvalue weighted by molar-refractivity contribution is -0.216. The molecule has 19 heavy (non-hydrogen) atoms.